The predicted octanol–water partition coefficient (Wildman–Crippen LogP) is 0.914. The van der Waals surface area contributed by atoms with Gasteiger partial charge in [-0.2, -0.15) is 0 Å². The SMILES string of the molecule is CC(=O)NC(C(=O)NC(C(=O)NC(CC(C)C)C(=O)NC(CC1CCNC1=O)C(=O)Cn1[nH]c(=O)c2ccccc2c1=O)C(C)Oc1ccccc1)C(C)C. The van der Waals surface area contributed by atoms with Crippen molar-refractivity contribution in [2.75, 3.05) is 6.54 Å². The van der Waals surface area contributed by atoms with Crippen molar-refractivity contribution in [2.45, 2.75) is 97.6 Å². The number of ether oxygens (including phenoxy) is 1. The molecule has 16 nitrogen and oxygen atoms in total. The van der Waals surface area contributed by atoms with Crippen LogP contribution in [0.15, 0.2) is 64.2 Å². The maximum atomic E-state index is 14.1. The topological polar surface area (TPSA) is 227 Å². The van der Waals surface area contributed by atoms with Gasteiger partial charge in [0.25, 0.3) is 11.1 Å². The van der Waals surface area contributed by atoms with E-state index in [2.05, 4.69) is 31.7 Å². The number of Topliss-reactive ketones (excluding diaryl/α,β-unsaturated/α-hetero) is 1. The molecule has 1 fully saturated rings. The Labute approximate surface area is 318 Å². The van der Waals surface area contributed by atoms with Crippen LogP contribution in [0.25, 0.3) is 10.8 Å². The molecule has 55 heavy (non-hydrogen) atoms. The Hall–Kier alpha value is -5.80. The third-order valence-electron chi connectivity index (χ3n) is 9.35. The van der Waals surface area contributed by atoms with Crippen LogP contribution in [0.5, 0.6) is 5.75 Å². The minimum absolute atomic E-state index is 0.0916. The Balaban J connectivity index is 1.61. The highest BCUT2D eigenvalue weighted by Gasteiger charge is 2.37. The fourth-order valence-corrected chi connectivity index (χ4v) is 6.46. The van der Waals surface area contributed by atoms with Gasteiger partial charge in [0.05, 0.1) is 16.8 Å². The number of aromatic nitrogens is 2. The van der Waals surface area contributed by atoms with Gasteiger partial charge in [0.15, 0.2) is 5.78 Å². The fraction of sp³-hybridized carbons (Fsp3) is 0.487. The van der Waals surface area contributed by atoms with Crippen molar-refractivity contribution in [1.82, 2.24) is 36.4 Å². The van der Waals surface area contributed by atoms with Gasteiger partial charge in [0.1, 0.15) is 36.5 Å². The van der Waals surface area contributed by atoms with Crippen molar-refractivity contribution < 1.29 is 33.5 Å². The molecule has 1 aromatic heterocycles. The summed E-state index contributed by atoms with van der Waals surface area (Å²) in [6.45, 7) is 9.79. The van der Waals surface area contributed by atoms with E-state index in [0.717, 1.165) is 4.68 Å². The molecule has 3 aromatic rings. The highest BCUT2D eigenvalue weighted by molar-refractivity contribution is 5.96. The van der Waals surface area contributed by atoms with Gasteiger partial charge in [-0.25, -0.2) is 4.68 Å². The fourth-order valence-electron chi connectivity index (χ4n) is 6.46. The zero-order valence-electron chi connectivity index (χ0n) is 32.0. The lowest BCUT2D eigenvalue weighted by Gasteiger charge is -2.30. The number of hydrogen-bond acceptors (Lipinski definition) is 9. The highest BCUT2D eigenvalue weighted by atomic mass is 16.5. The Morgan fingerprint density at radius 1 is 0.782 bits per heavy atom. The molecule has 296 valence electrons. The van der Waals surface area contributed by atoms with Crippen molar-refractivity contribution in [3.63, 3.8) is 0 Å². The summed E-state index contributed by atoms with van der Waals surface area (Å²) < 4.78 is 6.90. The highest BCUT2D eigenvalue weighted by Crippen LogP contribution is 2.19. The van der Waals surface area contributed by atoms with Crippen LogP contribution >= 0.6 is 0 Å². The number of para-hydroxylation sites is 1. The number of rotatable bonds is 18. The van der Waals surface area contributed by atoms with E-state index in [-0.39, 0.29) is 41.4 Å². The second-order valence-electron chi connectivity index (χ2n) is 14.7. The van der Waals surface area contributed by atoms with Gasteiger partial charge in [-0.1, -0.05) is 58.0 Å². The van der Waals surface area contributed by atoms with Crippen LogP contribution in [0.4, 0.5) is 0 Å². The molecular weight excluding hydrogens is 710 g/mol. The number of amides is 5. The lowest BCUT2D eigenvalue weighted by Crippen LogP contribution is -2.61. The van der Waals surface area contributed by atoms with E-state index >= 15 is 0 Å². The molecule has 0 aliphatic carbocycles. The van der Waals surface area contributed by atoms with Crippen LogP contribution in [-0.4, -0.2) is 81.9 Å². The second kappa shape index (κ2) is 19.0. The van der Waals surface area contributed by atoms with E-state index in [1.54, 1.807) is 63.2 Å². The lowest BCUT2D eigenvalue weighted by molar-refractivity contribution is -0.136. The van der Waals surface area contributed by atoms with Gasteiger partial charge >= 0.3 is 0 Å². The minimum atomic E-state index is -1.35. The summed E-state index contributed by atoms with van der Waals surface area (Å²) in [5, 5.41) is 16.2. The van der Waals surface area contributed by atoms with E-state index in [4.69, 9.17) is 4.74 Å². The maximum Gasteiger partial charge on any atom is 0.273 e. The van der Waals surface area contributed by atoms with Crippen LogP contribution in [0.3, 0.4) is 0 Å². The summed E-state index contributed by atoms with van der Waals surface area (Å²) in [6, 6.07) is 9.97. The number of ketones is 1. The van der Waals surface area contributed by atoms with Crippen LogP contribution in [0, 0.1) is 17.8 Å². The largest absolute Gasteiger partial charge is 0.488 e. The second-order valence-corrected chi connectivity index (χ2v) is 14.7. The van der Waals surface area contributed by atoms with Crippen molar-refractivity contribution in [2.24, 2.45) is 17.8 Å². The normalized spacial score (nSPS) is 16.7. The quantitative estimate of drug-likeness (QED) is 0.108. The predicted molar refractivity (Wildman–Crippen MR) is 204 cm³/mol. The van der Waals surface area contributed by atoms with Crippen molar-refractivity contribution in [1.29, 1.82) is 0 Å². The van der Waals surface area contributed by atoms with Crippen LogP contribution in [0.2, 0.25) is 0 Å². The number of aromatic amines is 1. The molecule has 6 unspecified atom stereocenters. The average molecular weight is 762 g/mol. The monoisotopic (exact) mass is 761 g/mol. The number of carbonyl (C=O) groups excluding carboxylic acids is 6. The molecule has 0 spiro atoms. The number of fused-ring (bicyclic) bond motifs is 1. The molecule has 4 rings (SSSR count). The average Bonchev–Trinajstić information content (AvgIpc) is 3.54. The Kier molecular flexibility index (Phi) is 14.5. The number of carbonyl (C=O) groups is 6. The van der Waals surface area contributed by atoms with Gasteiger partial charge < -0.3 is 31.3 Å². The van der Waals surface area contributed by atoms with E-state index in [1.165, 1.54) is 19.1 Å². The van der Waals surface area contributed by atoms with E-state index < -0.39 is 83.3 Å². The van der Waals surface area contributed by atoms with Crippen molar-refractivity contribution >= 4 is 46.1 Å². The Bertz CT molecular complexity index is 1990. The van der Waals surface area contributed by atoms with Gasteiger partial charge in [-0.15, -0.1) is 0 Å². The maximum absolute atomic E-state index is 14.1. The number of H-pyrrole nitrogens is 1. The number of nitrogens with one attached hydrogen (secondary N) is 6. The first-order chi connectivity index (χ1) is 26.0. The minimum Gasteiger partial charge on any atom is -0.488 e. The molecule has 1 aliphatic heterocycles. The standard InChI is InChI=1S/C39H51N7O9/c1-21(2)18-30(43-38(53)33(23(5)55-26-12-8-7-9-13-26)44-37(52)32(22(3)4)41-24(6)47)36(51)42-29(19-25-16-17-40-34(25)49)31(48)20-46-39(54)28-15-11-10-14-27(28)35(50)45-46/h7-15,21-23,25,29-30,32-33H,16-20H2,1-6H3,(H,40,49)(H,41,47)(H,42,51)(H,43,53)(H,44,52)(H,45,50). The van der Waals surface area contributed by atoms with Gasteiger partial charge in [0, 0.05) is 19.4 Å². The lowest BCUT2D eigenvalue weighted by atomic mass is 9.94. The summed E-state index contributed by atoms with van der Waals surface area (Å²) in [6.07, 6.45) is -0.522. The molecule has 2 heterocycles. The molecular formula is C39H51N7O9. The van der Waals surface area contributed by atoms with E-state index in [1.807, 2.05) is 13.8 Å². The molecule has 6 N–H and O–H groups in total. The van der Waals surface area contributed by atoms with E-state index in [0.29, 0.717) is 18.7 Å². The summed E-state index contributed by atoms with van der Waals surface area (Å²) in [5.41, 5.74) is -1.20. The summed E-state index contributed by atoms with van der Waals surface area (Å²) >= 11 is 0. The molecule has 2 aromatic carbocycles. The zero-order valence-corrected chi connectivity index (χ0v) is 32.0. The third-order valence-corrected chi connectivity index (χ3v) is 9.35. The first kappa shape index (κ1) is 41.9. The first-order valence-corrected chi connectivity index (χ1v) is 18.5. The number of nitrogens with zero attached hydrogens (tertiary/aromatic N) is 1. The molecule has 0 saturated carbocycles. The molecule has 0 bridgehead atoms. The van der Waals surface area contributed by atoms with Crippen LogP contribution in [0.1, 0.15) is 60.8 Å². The number of benzene rings is 2. The molecule has 5 amide bonds. The van der Waals surface area contributed by atoms with Gasteiger partial charge in [-0.05, 0) is 62.3 Å². The van der Waals surface area contributed by atoms with Crippen molar-refractivity contribution in [3.05, 3.63) is 75.3 Å². The van der Waals surface area contributed by atoms with Gasteiger partial charge in [-0.3, -0.25) is 43.5 Å². The van der Waals surface area contributed by atoms with Crippen molar-refractivity contribution in [3.8, 4) is 5.75 Å². The Morgan fingerprint density at radius 3 is 2.00 bits per heavy atom. The molecule has 0 radical (unpaired) electrons. The summed E-state index contributed by atoms with van der Waals surface area (Å²) in [7, 11) is 0. The first-order valence-electron chi connectivity index (χ1n) is 18.5. The summed E-state index contributed by atoms with van der Waals surface area (Å²) in [4.78, 5) is 106. The third kappa shape index (κ3) is 11.4. The van der Waals surface area contributed by atoms with E-state index in [9.17, 15) is 38.4 Å². The summed E-state index contributed by atoms with van der Waals surface area (Å²) in [5.74, 6) is -4.18. The smallest absolute Gasteiger partial charge is 0.273 e. The molecule has 6 atom stereocenters. The molecule has 16 heteroatoms. The molecule has 1 saturated heterocycles. The van der Waals surface area contributed by atoms with Crippen LogP contribution in [-0.2, 0) is 35.3 Å². The zero-order chi connectivity index (χ0) is 40.4. The molecule has 1 aliphatic rings. The van der Waals surface area contributed by atoms with Gasteiger partial charge in [0.2, 0.25) is 29.5 Å². The number of hydrogen-bond donors (Lipinski definition) is 6. The van der Waals surface area contributed by atoms with Crippen LogP contribution < -0.4 is 42.4 Å². The Morgan fingerprint density at radius 2 is 1.40 bits per heavy atom.